The Kier molecular flexibility index (Phi) is 4.73. The topological polar surface area (TPSA) is 58.6 Å². The van der Waals surface area contributed by atoms with E-state index in [-0.39, 0.29) is 6.04 Å². The first-order valence-corrected chi connectivity index (χ1v) is 5.97. The highest BCUT2D eigenvalue weighted by atomic mass is 16.5. The summed E-state index contributed by atoms with van der Waals surface area (Å²) in [6.45, 7) is 5.86. The molecule has 0 aromatic heterocycles. The van der Waals surface area contributed by atoms with Gasteiger partial charge in [0.05, 0.1) is 12.5 Å². The average molecular weight is 251 g/mol. The molecule has 0 aliphatic carbocycles. The van der Waals surface area contributed by atoms with Crippen molar-refractivity contribution in [1.82, 2.24) is 5.32 Å². The smallest absolute Gasteiger partial charge is 0.310 e. The normalized spacial score (nSPS) is 13.1. The van der Waals surface area contributed by atoms with Crippen LogP contribution in [0.4, 0.5) is 0 Å². The number of carboxylic acids is 1. The SMILES string of the molecule is COc1ccc([C@@H](C)NCC(C)(C)C(=O)O)cc1. The fourth-order valence-electron chi connectivity index (χ4n) is 1.49. The molecule has 1 atom stereocenters. The maximum absolute atomic E-state index is 11.0. The Bertz CT molecular complexity index is 398. The van der Waals surface area contributed by atoms with E-state index in [2.05, 4.69) is 5.32 Å². The Morgan fingerprint density at radius 2 is 1.94 bits per heavy atom. The summed E-state index contributed by atoms with van der Waals surface area (Å²) in [7, 11) is 1.63. The van der Waals surface area contributed by atoms with E-state index in [4.69, 9.17) is 9.84 Å². The Morgan fingerprint density at radius 3 is 2.39 bits per heavy atom. The molecule has 0 spiro atoms. The lowest BCUT2D eigenvalue weighted by Gasteiger charge is -2.23. The van der Waals surface area contributed by atoms with Gasteiger partial charge in [-0.2, -0.15) is 0 Å². The summed E-state index contributed by atoms with van der Waals surface area (Å²) in [5.74, 6) is 0.0220. The number of nitrogens with one attached hydrogen (secondary N) is 1. The molecule has 0 aliphatic rings. The molecule has 0 saturated heterocycles. The van der Waals surface area contributed by atoms with Gasteiger partial charge in [-0.1, -0.05) is 12.1 Å². The van der Waals surface area contributed by atoms with Gasteiger partial charge in [0.1, 0.15) is 5.75 Å². The third-order valence-electron chi connectivity index (χ3n) is 3.04. The van der Waals surface area contributed by atoms with Crippen molar-refractivity contribution >= 4 is 5.97 Å². The zero-order chi connectivity index (χ0) is 13.8. The second kappa shape index (κ2) is 5.87. The standard InChI is InChI=1S/C14H21NO3/c1-10(15-9-14(2,3)13(16)17)11-5-7-12(18-4)8-6-11/h5-8,10,15H,9H2,1-4H3,(H,16,17)/t10-/m1/s1. The molecular weight excluding hydrogens is 230 g/mol. The van der Waals surface area contributed by atoms with E-state index in [1.165, 1.54) is 0 Å². The molecule has 0 heterocycles. The van der Waals surface area contributed by atoms with E-state index in [9.17, 15) is 4.79 Å². The van der Waals surface area contributed by atoms with E-state index in [1.807, 2.05) is 31.2 Å². The number of carbonyl (C=O) groups is 1. The average Bonchev–Trinajstić information content (AvgIpc) is 2.36. The number of aliphatic carboxylic acids is 1. The van der Waals surface area contributed by atoms with Gasteiger partial charge >= 0.3 is 5.97 Å². The lowest BCUT2D eigenvalue weighted by Crippen LogP contribution is -2.37. The van der Waals surface area contributed by atoms with Crippen molar-refractivity contribution < 1.29 is 14.6 Å². The molecule has 1 aromatic rings. The molecule has 0 fully saturated rings. The second-order valence-corrected chi connectivity index (χ2v) is 5.06. The molecule has 2 N–H and O–H groups in total. The predicted octanol–water partition coefficient (Wildman–Crippen LogP) is 2.46. The summed E-state index contributed by atoms with van der Waals surface area (Å²) in [4.78, 5) is 11.0. The fraction of sp³-hybridized carbons (Fsp3) is 0.500. The van der Waals surface area contributed by atoms with Gasteiger partial charge in [-0.05, 0) is 38.5 Å². The maximum atomic E-state index is 11.0. The Balaban J connectivity index is 2.59. The number of benzene rings is 1. The van der Waals surface area contributed by atoms with Crippen LogP contribution in [0.5, 0.6) is 5.75 Å². The summed E-state index contributed by atoms with van der Waals surface area (Å²) in [6.07, 6.45) is 0. The predicted molar refractivity (Wildman–Crippen MR) is 70.8 cm³/mol. The highest BCUT2D eigenvalue weighted by molar-refractivity contribution is 5.73. The van der Waals surface area contributed by atoms with Crippen molar-refractivity contribution in [3.63, 3.8) is 0 Å². The first kappa shape index (κ1) is 14.5. The van der Waals surface area contributed by atoms with Gasteiger partial charge in [0.2, 0.25) is 0 Å². The second-order valence-electron chi connectivity index (χ2n) is 5.06. The van der Waals surface area contributed by atoms with Gasteiger partial charge in [0.25, 0.3) is 0 Å². The van der Waals surface area contributed by atoms with Gasteiger partial charge in [0, 0.05) is 12.6 Å². The minimum atomic E-state index is -0.795. The molecule has 1 aromatic carbocycles. The minimum absolute atomic E-state index is 0.106. The molecule has 4 nitrogen and oxygen atoms in total. The first-order valence-electron chi connectivity index (χ1n) is 5.97. The molecule has 1 rings (SSSR count). The van der Waals surface area contributed by atoms with E-state index >= 15 is 0 Å². The minimum Gasteiger partial charge on any atom is -0.497 e. The summed E-state index contributed by atoms with van der Waals surface area (Å²) in [5, 5.41) is 12.3. The van der Waals surface area contributed by atoms with Gasteiger partial charge in [0.15, 0.2) is 0 Å². The Labute approximate surface area is 108 Å². The zero-order valence-electron chi connectivity index (χ0n) is 11.4. The molecular formula is C14H21NO3. The monoisotopic (exact) mass is 251 g/mol. The summed E-state index contributed by atoms with van der Waals surface area (Å²) in [5.41, 5.74) is 0.345. The van der Waals surface area contributed by atoms with Crippen molar-refractivity contribution in [1.29, 1.82) is 0 Å². The molecule has 0 bridgehead atoms. The lowest BCUT2D eigenvalue weighted by molar-refractivity contribution is -0.146. The van der Waals surface area contributed by atoms with Crippen molar-refractivity contribution in [3.8, 4) is 5.75 Å². The number of carboxylic acid groups (broad SMARTS) is 1. The summed E-state index contributed by atoms with van der Waals surface area (Å²) < 4.78 is 5.10. The van der Waals surface area contributed by atoms with E-state index in [0.717, 1.165) is 11.3 Å². The molecule has 0 unspecified atom stereocenters. The van der Waals surface area contributed by atoms with Crippen molar-refractivity contribution in [3.05, 3.63) is 29.8 Å². The van der Waals surface area contributed by atoms with Crippen molar-refractivity contribution in [2.24, 2.45) is 5.41 Å². The molecule has 0 radical (unpaired) electrons. The fourth-order valence-corrected chi connectivity index (χ4v) is 1.49. The zero-order valence-corrected chi connectivity index (χ0v) is 11.4. The number of rotatable bonds is 6. The highest BCUT2D eigenvalue weighted by Crippen LogP contribution is 2.19. The molecule has 0 aliphatic heterocycles. The quantitative estimate of drug-likeness (QED) is 0.815. The molecule has 0 saturated carbocycles. The van der Waals surface area contributed by atoms with Gasteiger partial charge in [-0.25, -0.2) is 0 Å². The Hall–Kier alpha value is -1.55. The molecule has 0 amide bonds. The van der Waals surface area contributed by atoms with Crippen LogP contribution >= 0.6 is 0 Å². The van der Waals surface area contributed by atoms with E-state index in [0.29, 0.717) is 6.54 Å². The van der Waals surface area contributed by atoms with Crippen LogP contribution in [0.2, 0.25) is 0 Å². The van der Waals surface area contributed by atoms with Crippen LogP contribution in [0.25, 0.3) is 0 Å². The van der Waals surface area contributed by atoms with Crippen LogP contribution < -0.4 is 10.1 Å². The van der Waals surface area contributed by atoms with E-state index < -0.39 is 11.4 Å². The third kappa shape index (κ3) is 3.74. The molecule has 100 valence electrons. The Morgan fingerprint density at radius 1 is 1.39 bits per heavy atom. The van der Waals surface area contributed by atoms with Crippen LogP contribution in [0.3, 0.4) is 0 Å². The summed E-state index contributed by atoms with van der Waals surface area (Å²) in [6, 6.07) is 7.86. The van der Waals surface area contributed by atoms with Gasteiger partial charge in [-0.15, -0.1) is 0 Å². The lowest BCUT2D eigenvalue weighted by atomic mass is 9.93. The number of methoxy groups -OCH3 is 1. The van der Waals surface area contributed by atoms with Gasteiger partial charge < -0.3 is 15.2 Å². The van der Waals surface area contributed by atoms with Crippen molar-refractivity contribution in [2.45, 2.75) is 26.8 Å². The number of ether oxygens (including phenoxy) is 1. The molecule has 18 heavy (non-hydrogen) atoms. The highest BCUT2D eigenvalue weighted by Gasteiger charge is 2.27. The van der Waals surface area contributed by atoms with Crippen LogP contribution in [0.15, 0.2) is 24.3 Å². The van der Waals surface area contributed by atoms with Crippen molar-refractivity contribution in [2.75, 3.05) is 13.7 Å². The largest absolute Gasteiger partial charge is 0.497 e. The number of hydrogen-bond donors (Lipinski definition) is 2. The molecule has 4 heteroatoms. The van der Waals surface area contributed by atoms with Crippen LogP contribution in [-0.2, 0) is 4.79 Å². The van der Waals surface area contributed by atoms with Crippen LogP contribution in [-0.4, -0.2) is 24.7 Å². The first-order chi connectivity index (χ1) is 8.36. The summed E-state index contributed by atoms with van der Waals surface area (Å²) >= 11 is 0. The van der Waals surface area contributed by atoms with E-state index in [1.54, 1.807) is 21.0 Å². The third-order valence-corrected chi connectivity index (χ3v) is 3.04. The van der Waals surface area contributed by atoms with Crippen LogP contribution in [0, 0.1) is 5.41 Å². The maximum Gasteiger partial charge on any atom is 0.310 e. The van der Waals surface area contributed by atoms with Gasteiger partial charge in [-0.3, -0.25) is 4.79 Å². The van der Waals surface area contributed by atoms with Crippen LogP contribution in [0.1, 0.15) is 32.4 Å². The number of hydrogen-bond acceptors (Lipinski definition) is 3.